The van der Waals surface area contributed by atoms with Crippen LogP contribution in [0.4, 0.5) is 0 Å². The maximum Gasteiger partial charge on any atom is 0.211 e. The van der Waals surface area contributed by atoms with E-state index in [2.05, 4.69) is 6.92 Å². The van der Waals surface area contributed by atoms with E-state index >= 15 is 0 Å². The molecule has 0 radical (unpaired) electrons. The van der Waals surface area contributed by atoms with E-state index in [-0.39, 0.29) is 5.38 Å². The van der Waals surface area contributed by atoms with Crippen LogP contribution in [0.3, 0.4) is 0 Å². The first-order valence-electron chi connectivity index (χ1n) is 6.38. The van der Waals surface area contributed by atoms with Crippen molar-refractivity contribution >= 4 is 21.6 Å². The fraction of sp³-hybridized carbons (Fsp3) is 1.00. The van der Waals surface area contributed by atoms with Crippen molar-refractivity contribution in [2.24, 2.45) is 11.8 Å². The van der Waals surface area contributed by atoms with E-state index in [4.69, 9.17) is 11.6 Å². The van der Waals surface area contributed by atoms with Crippen LogP contribution in [0.1, 0.15) is 39.5 Å². The van der Waals surface area contributed by atoms with Crippen LogP contribution in [0.5, 0.6) is 0 Å². The lowest BCUT2D eigenvalue weighted by atomic mass is 9.88. The number of hydrogen-bond acceptors (Lipinski definition) is 2. The van der Waals surface area contributed by atoms with E-state index in [0.29, 0.717) is 24.9 Å². The zero-order valence-electron chi connectivity index (χ0n) is 11.0. The minimum atomic E-state index is -3.01. The fourth-order valence-electron chi connectivity index (χ4n) is 2.74. The van der Waals surface area contributed by atoms with Crippen LogP contribution in [0.25, 0.3) is 0 Å². The van der Waals surface area contributed by atoms with Crippen molar-refractivity contribution in [1.29, 1.82) is 0 Å². The smallest absolute Gasteiger partial charge is 0.211 e. The lowest BCUT2D eigenvalue weighted by Crippen LogP contribution is -2.39. The molecule has 3 atom stereocenters. The topological polar surface area (TPSA) is 37.4 Å². The molecule has 0 bridgehead atoms. The molecule has 1 aliphatic heterocycles. The van der Waals surface area contributed by atoms with Gasteiger partial charge in [0.15, 0.2) is 0 Å². The van der Waals surface area contributed by atoms with Crippen LogP contribution in [0.15, 0.2) is 0 Å². The summed E-state index contributed by atoms with van der Waals surface area (Å²) in [6, 6.07) is 0. The quantitative estimate of drug-likeness (QED) is 0.727. The van der Waals surface area contributed by atoms with Gasteiger partial charge < -0.3 is 0 Å². The monoisotopic (exact) mass is 281 g/mol. The average Bonchev–Trinajstić information content (AvgIpc) is 2.15. The highest BCUT2D eigenvalue weighted by Gasteiger charge is 2.26. The number of nitrogens with zero attached hydrogens (tertiary/aromatic N) is 1. The Kier molecular flexibility index (Phi) is 5.74. The summed E-state index contributed by atoms with van der Waals surface area (Å²) in [5.41, 5.74) is 0. The van der Waals surface area contributed by atoms with Crippen LogP contribution < -0.4 is 0 Å². The summed E-state index contributed by atoms with van der Waals surface area (Å²) in [5, 5.41) is 0.208. The Hall–Kier alpha value is 0.200. The summed E-state index contributed by atoms with van der Waals surface area (Å²) < 4.78 is 24.6. The van der Waals surface area contributed by atoms with Crippen molar-refractivity contribution in [3.05, 3.63) is 0 Å². The molecular weight excluding hydrogens is 258 g/mol. The molecule has 3 unspecified atom stereocenters. The Morgan fingerprint density at radius 2 is 2.06 bits per heavy atom. The molecule has 3 nitrogen and oxygen atoms in total. The lowest BCUT2D eigenvalue weighted by molar-refractivity contribution is 0.231. The molecule has 1 saturated heterocycles. The second-order valence-electron chi connectivity index (χ2n) is 5.49. The molecule has 0 aromatic rings. The first-order chi connectivity index (χ1) is 7.79. The third kappa shape index (κ3) is 5.58. The highest BCUT2D eigenvalue weighted by Crippen LogP contribution is 2.27. The molecule has 0 N–H and O–H groups in total. The zero-order valence-corrected chi connectivity index (χ0v) is 12.6. The van der Waals surface area contributed by atoms with Gasteiger partial charge in [0.1, 0.15) is 0 Å². The Morgan fingerprint density at radius 3 is 2.59 bits per heavy atom. The largest absolute Gasteiger partial charge is 0.213 e. The minimum Gasteiger partial charge on any atom is -0.213 e. The maximum absolute atomic E-state index is 11.5. The van der Waals surface area contributed by atoms with Crippen molar-refractivity contribution in [3.8, 4) is 0 Å². The van der Waals surface area contributed by atoms with Crippen molar-refractivity contribution in [3.63, 3.8) is 0 Å². The summed E-state index contributed by atoms with van der Waals surface area (Å²) in [7, 11) is -3.01. The summed E-state index contributed by atoms with van der Waals surface area (Å²) in [6.07, 6.45) is 5.54. The van der Waals surface area contributed by atoms with Gasteiger partial charge in [-0.15, -0.1) is 11.6 Å². The van der Waals surface area contributed by atoms with E-state index < -0.39 is 10.0 Å². The van der Waals surface area contributed by atoms with Crippen LogP contribution in [0.2, 0.25) is 0 Å². The van der Waals surface area contributed by atoms with E-state index in [1.807, 2.05) is 6.92 Å². The molecule has 5 heteroatoms. The molecule has 0 aromatic carbocycles. The van der Waals surface area contributed by atoms with Gasteiger partial charge in [0.2, 0.25) is 10.0 Å². The maximum atomic E-state index is 11.5. The van der Waals surface area contributed by atoms with Crippen molar-refractivity contribution in [1.82, 2.24) is 4.31 Å². The number of hydrogen-bond donors (Lipinski definition) is 0. The molecule has 0 amide bonds. The first-order valence-corrected chi connectivity index (χ1v) is 8.66. The lowest BCUT2D eigenvalue weighted by Gasteiger charge is -2.32. The van der Waals surface area contributed by atoms with Gasteiger partial charge in [0.25, 0.3) is 0 Å². The second kappa shape index (κ2) is 6.39. The van der Waals surface area contributed by atoms with Gasteiger partial charge in [0.05, 0.1) is 6.26 Å². The molecule has 1 fully saturated rings. The van der Waals surface area contributed by atoms with E-state index in [1.165, 1.54) is 6.26 Å². The molecule has 1 rings (SSSR count). The molecular formula is C12H24ClNO2S. The molecule has 17 heavy (non-hydrogen) atoms. The van der Waals surface area contributed by atoms with Gasteiger partial charge in [-0.25, -0.2) is 12.7 Å². The molecule has 102 valence electrons. The van der Waals surface area contributed by atoms with E-state index in [0.717, 1.165) is 25.7 Å². The first kappa shape index (κ1) is 15.3. The normalized spacial score (nSPS) is 26.7. The van der Waals surface area contributed by atoms with Gasteiger partial charge in [-0.1, -0.05) is 6.92 Å². The molecule has 0 aromatic heterocycles. The highest BCUT2D eigenvalue weighted by atomic mass is 35.5. The predicted molar refractivity (Wildman–Crippen MR) is 72.9 cm³/mol. The predicted octanol–water partition coefficient (Wildman–Crippen LogP) is 2.70. The van der Waals surface area contributed by atoms with Crippen LogP contribution >= 0.6 is 11.6 Å². The SMILES string of the molecule is CC(Cl)CC(C)CC1CCCN(S(C)(=O)=O)C1. The third-order valence-electron chi connectivity index (χ3n) is 3.41. The Morgan fingerprint density at radius 1 is 1.41 bits per heavy atom. The van der Waals surface area contributed by atoms with Gasteiger partial charge in [-0.2, -0.15) is 0 Å². The number of halogens is 1. The Balaban J connectivity index is 2.45. The highest BCUT2D eigenvalue weighted by molar-refractivity contribution is 7.88. The van der Waals surface area contributed by atoms with Crippen molar-refractivity contribution in [2.45, 2.75) is 44.9 Å². The summed E-state index contributed by atoms with van der Waals surface area (Å²) >= 11 is 5.99. The van der Waals surface area contributed by atoms with Crippen molar-refractivity contribution in [2.75, 3.05) is 19.3 Å². The average molecular weight is 282 g/mol. The number of rotatable bonds is 5. The number of alkyl halides is 1. The summed E-state index contributed by atoms with van der Waals surface area (Å²) in [6.45, 7) is 5.61. The summed E-state index contributed by atoms with van der Waals surface area (Å²) in [4.78, 5) is 0. The number of piperidine rings is 1. The summed E-state index contributed by atoms with van der Waals surface area (Å²) in [5.74, 6) is 1.08. The van der Waals surface area contributed by atoms with Crippen LogP contribution in [-0.2, 0) is 10.0 Å². The van der Waals surface area contributed by atoms with E-state index in [9.17, 15) is 8.42 Å². The third-order valence-corrected chi connectivity index (χ3v) is 4.86. The Bertz CT molecular complexity index is 329. The standard InChI is InChI=1S/C12H24ClNO2S/c1-10(7-11(2)13)8-12-5-4-6-14(9-12)17(3,15)16/h10-12H,4-9H2,1-3H3. The van der Waals surface area contributed by atoms with Gasteiger partial charge in [-0.05, 0) is 44.4 Å². The molecule has 1 heterocycles. The van der Waals surface area contributed by atoms with Crippen LogP contribution in [0, 0.1) is 11.8 Å². The van der Waals surface area contributed by atoms with E-state index in [1.54, 1.807) is 4.31 Å². The van der Waals surface area contributed by atoms with Gasteiger partial charge in [-0.3, -0.25) is 0 Å². The van der Waals surface area contributed by atoms with Crippen molar-refractivity contribution < 1.29 is 8.42 Å². The fourth-order valence-corrected chi connectivity index (χ4v) is 3.99. The Labute approximate surface area is 111 Å². The molecule has 1 aliphatic rings. The molecule has 0 spiro atoms. The molecule has 0 saturated carbocycles. The zero-order chi connectivity index (χ0) is 13.1. The molecule has 0 aliphatic carbocycles. The van der Waals surface area contributed by atoms with Crippen LogP contribution in [-0.4, -0.2) is 37.4 Å². The minimum absolute atomic E-state index is 0.208. The number of sulfonamides is 1. The second-order valence-corrected chi connectivity index (χ2v) is 8.21. The van der Waals surface area contributed by atoms with Gasteiger partial charge in [0, 0.05) is 18.5 Å². The van der Waals surface area contributed by atoms with Gasteiger partial charge >= 0.3 is 0 Å².